The van der Waals surface area contributed by atoms with Crippen molar-refractivity contribution in [3.63, 3.8) is 0 Å². The summed E-state index contributed by atoms with van der Waals surface area (Å²) < 4.78 is 13.6. The first-order valence-electron chi connectivity index (χ1n) is 21.8. The van der Waals surface area contributed by atoms with E-state index in [1.54, 1.807) is 23.6 Å². The van der Waals surface area contributed by atoms with Gasteiger partial charge in [0.05, 0.1) is 42.0 Å². The fourth-order valence-electron chi connectivity index (χ4n) is 8.19. The van der Waals surface area contributed by atoms with E-state index in [9.17, 15) is 29.0 Å². The number of carbonyl (C=O) groups is 3. The van der Waals surface area contributed by atoms with Gasteiger partial charge in [-0.3, -0.25) is 19.3 Å². The number of aliphatic hydroxyl groups is 2. The second-order valence-corrected chi connectivity index (χ2v) is 18.5. The molecule has 0 radical (unpaired) electrons. The van der Waals surface area contributed by atoms with Gasteiger partial charge in [-0.05, 0) is 91.1 Å². The Bertz CT molecular complexity index is 2510. The van der Waals surface area contributed by atoms with Crippen LogP contribution in [0.3, 0.4) is 0 Å². The number of hydrogen-bond acceptors (Lipinski definition) is 12. The highest BCUT2D eigenvalue weighted by Gasteiger charge is 2.44. The predicted octanol–water partition coefficient (Wildman–Crippen LogP) is 5.41. The van der Waals surface area contributed by atoms with Gasteiger partial charge in [-0.2, -0.15) is 4.39 Å². The standard InChI is InChI=1S/C49H56FN9O5S/c1-31-45(65-30-56-31)36-12-7-33(8-13-36)24-53-47(63)42-22-40(61)26-59(42)48(64)46(49(2,3)4)57-44(62)27-58-19-16-35(17-20-58)34-10-5-32(6-11-34)9-14-38-21-39(15-18-51-38)54-29-55-41-23-43(50)52-25-37(41)28-60/h5-8,10-13,15,18,21,23,25,30,35,40,42,46,60-61H,16-17,19-20,22,24,26-29H2,1-4H3,(H,51,54)(H,52,55)(H,53,63)(H,57,62)/t40-,42+,46-/m1/s1. The number of amides is 3. The number of likely N-dealkylation sites (tertiary alicyclic amines) is 2. The third-order valence-electron chi connectivity index (χ3n) is 11.8. The van der Waals surface area contributed by atoms with Crippen molar-refractivity contribution in [2.45, 2.75) is 84.2 Å². The number of benzene rings is 2. The summed E-state index contributed by atoms with van der Waals surface area (Å²) in [5, 5.41) is 32.3. The number of aryl methyl sites for hydroxylation is 1. The first kappa shape index (κ1) is 46.7. The Morgan fingerprint density at radius 3 is 2.42 bits per heavy atom. The number of β-amino-alcohol motifs (C(OH)–C–C–N with tert-alkyl or cyclic N) is 1. The van der Waals surface area contributed by atoms with Gasteiger partial charge < -0.3 is 36.4 Å². The van der Waals surface area contributed by atoms with Crippen LogP contribution in [0.1, 0.15) is 79.6 Å². The summed E-state index contributed by atoms with van der Waals surface area (Å²) >= 11 is 1.58. The summed E-state index contributed by atoms with van der Waals surface area (Å²) in [7, 11) is 0. The van der Waals surface area contributed by atoms with Crippen LogP contribution in [-0.2, 0) is 27.5 Å². The van der Waals surface area contributed by atoms with Gasteiger partial charge in [0.1, 0.15) is 17.8 Å². The summed E-state index contributed by atoms with van der Waals surface area (Å²) in [5.41, 5.74) is 8.45. The minimum absolute atomic E-state index is 0.0125. The maximum absolute atomic E-state index is 14.2. The van der Waals surface area contributed by atoms with Crippen LogP contribution in [0, 0.1) is 30.1 Å². The molecule has 65 heavy (non-hydrogen) atoms. The number of thiazole rings is 1. The van der Waals surface area contributed by atoms with E-state index in [1.807, 2.05) is 75.7 Å². The molecule has 14 nitrogen and oxygen atoms in total. The number of hydrogen-bond donors (Lipinski definition) is 6. The molecule has 3 atom stereocenters. The summed E-state index contributed by atoms with van der Waals surface area (Å²) in [6.45, 7) is 9.51. The molecule has 340 valence electrons. The zero-order valence-corrected chi connectivity index (χ0v) is 37.9. The van der Waals surface area contributed by atoms with E-state index in [1.165, 1.54) is 22.7 Å². The number of aliphatic hydroxyl groups excluding tert-OH is 2. The van der Waals surface area contributed by atoms with Gasteiger partial charge in [0.2, 0.25) is 23.7 Å². The molecule has 0 unspecified atom stereocenters. The normalized spacial score (nSPS) is 17.2. The Morgan fingerprint density at radius 1 is 0.969 bits per heavy atom. The molecular weight excluding hydrogens is 846 g/mol. The van der Waals surface area contributed by atoms with Crippen molar-refractivity contribution in [1.29, 1.82) is 0 Å². The highest BCUT2D eigenvalue weighted by Crippen LogP contribution is 2.30. The maximum Gasteiger partial charge on any atom is 0.246 e. The smallest absolute Gasteiger partial charge is 0.246 e. The minimum Gasteiger partial charge on any atom is -0.392 e. The third kappa shape index (κ3) is 12.3. The van der Waals surface area contributed by atoms with E-state index in [2.05, 4.69) is 65.1 Å². The molecule has 2 aromatic carbocycles. The second-order valence-electron chi connectivity index (χ2n) is 17.6. The fraction of sp³-hybridized carbons (Fsp3) is 0.388. The number of piperidine rings is 1. The lowest BCUT2D eigenvalue weighted by Crippen LogP contribution is -2.58. The number of nitrogens with one attached hydrogen (secondary N) is 4. The molecule has 6 N–H and O–H groups in total. The minimum atomic E-state index is -0.899. The molecule has 2 aliphatic rings. The van der Waals surface area contributed by atoms with Gasteiger partial charge in [0.15, 0.2) is 0 Å². The summed E-state index contributed by atoms with van der Waals surface area (Å²) in [6, 6.07) is 19.2. The Balaban J connectivity index is 0.870. The van der Waals surface area contributed by atoms with Crippen LogP contribution in [0.2, 0.25) is 0 Å². The molecular formula is C49H56FN9O5S. The van der Waals surface area contributed by atoms with Crippen LogP contribution < -0.4 is 21.3 Å². The first-order valence-corrected chi connectivity index (χ1v) is 22.7. The van der Waals surface area contributed by atoms with Crippen LogP contribution in [0.15, 0.2) is 84.6 Å². The molecule has 3 aromatic heterocycles. The average Bonchev–Trinajstić information content (AvgIpc) is 3.92. The lowest BCUT2D eigenvalue weighted by molar-refractivity contribution is -0.144. The maximum atomic E-state index is 14.2. The zero-order chi connectivity index (χ0) is 46.1. The SMILES string of the molecule is Cc1ncsc1-c1ccc(CNC(=O)[C@@H]2C[C@@H](O)CN2C(=O)[C@@H](NC(=O)CN2CCC(c3ccc(C#Cc4cc(NCNc5cc(F)ncc5CO)ccn4)cc3)CC2)C(C)(C)C)cc1. The highest BCUT2D eigenvalue weighted by molar-refractivity contribution is 7.13. The van der Waals surface area contributed by atoms with Crippen molar-refractivity contribution in [1.82, 2.24) is 35.4 Å². The molecule has 3 amide bonds. The Hall–Kier alpha value is -6.25. The van der Waals surface area contributed by atoms with Crippen molar-refractivity contribution in [3.8, 4) is 22.3 Å². The molecule has 5 aromatic rings. The topological polar surface area (TPSA) is 185 Å². The lowest BCUT2D eigenvalue weighted by atomic mass is 9.85. The second kappa shape index (κ2) is 21.2. The average molecular weight is 902 g/mol. The monoisotopic (exact) mass is 901 g/mol. The molecule has 16 heteroatoms. The van der Waals surface area contributed by atoms with Gasteiger partial charge in [-0.15, -0.1) is 11.3 Å². The molecule has 0 saturated carbocycles. The van der Waals surface area contributed by atoms with Crippen molar-refractivity contribution in [3.05, 3.63) is 124 Å². The van der Waals surface area contributed by atoms with Crippen molar-refractivity contribution < 1.29 is 29.0 Å². The quantitative estimate of drug-likeness (QED) is 0.0476. The number of nitrogens with zero attached hydrogens (tertiary/aromatic N) is 5. The van der Waals surface area contributed by atoms with Gasteiger partial charge in [-0.25, -0.2) is 15.0 Å². The molecule has 5 heterocycles. The van der Waals surface area contributed by atoms with E-state index >= 15 is 0 Å². The number of anilines is 2. The van der Waals surface area contributed by atoms with E-state index in [-0.39, 0.29) is 57.1 Å². The van der Waals surface area contributed by atoms with Crippen LogP contribution in [0.5, 0.6) is 0 Å². The summed E-state index contributed by atoms with van der Waals surface area (Å²) in [6.07, 6.45) is 3.96. The van der Waals surface area contributed by atoms with Gasteiger partial charge in [0, 0.05) is 60.5 Å². The number of pyridine rings is 2. The van der Waals surface area contributed by atoms with Crippen molar-refractivity contribution in [2.75, 3.05) is 43.5 Å². The third-order valence-corrected chi connectivity index (χ3v) is 12.8. The fourth-order valence-corrected chi connectivity index (χ4v) is 9.00. The van der Waals surface area contributed by atoms with Gasteiger partial charge >= 0.3 is 0 Å². The predicted molar refractivity (Wildman–Crippen MR) is 249 cm³/mol. The number of rotatable bonds is 14. The molecule has 0 spiro atoms. The van der Waals surface area contributed by atoms with Gasteiger partial charge in [0.25, 0.3) is 0 Å². The highest BCUT2D eigenvalue weighted by atomic mass is 32.1. The molecule has 0 bridgehead atoms. The van der Waals surface area contributed by atoms with Crippen molar-refractivity contribution >= 4 is 40.4 Å². The van der Waals surface area contributed by atoms with Crippen molar-refractivity contribution in [2.24, 2.45) is 5.41 Å². The van der Waals surface area contributed by atoms with Crippen LogP contribution in [-0.4, -0.2) is 104 Å². The first-order chi connectivity index (χ1) is 31.2. The largest absolute Gasteiger partial charge is 0.392 e. The zero-order valence-electron chi connectivity index (χ0n) is 37.1. The lowest BCUT2D eigenvalue weighted by Gasteiger charge is -2.36. The number of halogens is 1. The Kier molecular flexibility index (Phi) is 15.2. The molecule has 2 aliphatic heterocycles. The molecule has 2 saturated heterocycles. The molecule has 2 fully saturated rings. The summed E-state index contributed by atoms with van der Waals surface area (Å²) in [5.74, 6) is 5.00. The van der Waals surface area contributed by atoms with Crippen LogP contribution in [0.4, 0.5) is 15.8 Å². The number of carbonyl (C=O) groups excluding carboxylic acids is 3. The van der Waals surface area contributed by atoms with E-state index in [0.29, 0.717) is 22.9 Å². The van der Waals surface area contributed by atoms with Crippen LogP contribution >= 0.6 is 11.3 Å². The van der Waals surface area contributed by atoms with E-state index < -0.39 is 29.6 Å². The molecule has 7 rings (SSSR count). The Labute approximate surface area is 383 Å². The Morgan fingerprint density at radius 2 is 1.72 bits per heavy atom. The summed E-state index contributed by atoms with van der Waals surface area (Å²) in [4.78, 5) is 58.1. The van der Waals surface area contributed by atoms with E-state index in [0.717, 1.165) is 58.9 Å². The van der Waals surface area contributed by atoms with E-state index in [4.69, 9.17) is 0 Å². The van der Waals surface area contributed by atoms with Gasteiger partial charge in [-0.1, -0.05) is 63.1 Å². The molecule has 0 aliphatic carbocycles. The van der Waals surface area contributed by atoms with Crippen LogP contribution in [0.25, 0.3) is 10.4 Å². The number of aromatic nitrogens is 3.